The van der Waals surface area contributed by atoms with Crippen molar-refractivity contribution in [1.29, 1.82) is 0 Å². The number of benzene rings is 1. The van der Waals surface area contributed by atoms with Crippen LogP contribution in [0.2, 0.25) is 0 Å². The van der Waals surface area contributed by atoms with Crippen LogP contribution in [-0.4, -0.2) is 9.38 Å². The first kappa shape index (κ1) is 11.8. The molecule has 0 aliphatic rings. The summed E-state index contributed by atoms with van der Waals surface area (Å²) in [5, 5.41) is 3.47. The van der Waals surface area contributed by atoms with Crippen molar-refractivity contribution in [2.24, 2.45) is 0 Å². The molecule has 0 saturated heterocycles. The van der Waals surface area contributed by atoms with Crippen LogP contribution in [0.15, 0.2) is 48.7 Å². The van der Waals surface area contributed by atoms with Gasteiger partial charge in [0, 0.05) is 12.7 Å². The molecule has 0 aliphatic heterocycles. The highest BCUT2D eigenvalue weighted by molar-refractivity contribution is 5.56. The normalized spacial score (nSPS) is 10.8. The standard InChI is InChI=1S/C16H17N3/c1-12-8-9-19-15(10-12)18-13(2)16(19)17-11-14-6-4-3-5-7-14/h3-10,17H,11H2,1-2H3. The van der Waals surface area contributed by atoms with Crippen molar-refractivity contribution in [3.05, 3.63) is 65.5 Å². The first-order valence-electron chi connectivity index (χ1n) is 6.47. The fourth-order valence-corrected chi connectivity index (χ4v) is 2.26. The third-order valence-electron chi connectivity index (χ3n) is 3.26. The largest absolute Gasteiger partial charge is 0.366 e. The van der Waals surface area contributed by atoms with E-state index in [0.29, 0.717) is 0 Å². The molecule has 0 unspecified atom stereocenters. The number of imidazole rings is 1. The maximum atomic E-state index is 4.59. The third-order valence-corrected chi connectivity index (χ3v) is 3.26. The number of aromatic nitrogens is 2. The number of nitrogens with one attached hydrogen (secondary N) is 1. The van der Waals surface area contributed by atoms with Gasteiger partial charge in [-0.3, -0.25) is 4.40 Å². The van der Waals surface area contributed by atoms with Gasteiger partial charge in [0.25, 0.3) is 0 Å². The second-order valence-corrected chi connectivity index (χ2v) is 4.82. The van der Waals surface area contributed by atoms with Crippen LogP contribution < -0.4 is 5.32 Å². The minimum Gasteiger partial charge on any atom is -0.366 e. The fraction of sp³-hybridized carbons (Fsp3) is 0.188. The molecule has 0 bridgehead atoms. The van der Waals surface area contributed by atoms with E-state index in [0.717, 1.165) is 23.7 Å². The van der Waals surface area contributed by atoms with Crippen LogP contribution in [0.3, 0.4) is 0 Å². The molecule has 2 heterocycles. The zero-order valence-electron chi connectivity index (χ0n) is 11.2. The van der Waals surface area contributed by atoms with Crippen LogP contribution in [0, 0.1) is 13.8 Å². The van der Waals surface area contributed by atoms with Gasteiger partial charge in [-0.15, -0.1) is 0 Å². The summed E-state index contributed by atoms with van der Waals surface area (Å²) in [6, 6.07) is 14.6. The van der Waals surface area contributed by atoms with Crippen molar-refractivity contribution >= 4 is 11.5 Å². The van der Waals surface area contributed by atoms with Crippen LogP contribution in [0.4, 0.5) is 5.82 Å². The smallest absolute Gasteiger partial charge is 0.138 e. The van der Waals surface area contributed by atoms with E-state index in [-0.39, 0.29) is 0 Å². The Balaban J connectivity index is 1.90. The number of rotatable bonds is 3. The summed E-state index contributed by atoms with van der Waals surface area (Å²) in [7, 11) is 0. The van der Waals surface area contributed by atoms with E-state index in [1.807, 2.05) is 13.0 Å². The Morgan fingerprint density at radius 1 is 1.11 bits per heavy atom. The molecule has 0 amide bonds. The molecular formula is C16H17N3. The lowest BCUT2D eigenvalue weighted by Crippen LogP contribution is -2.03. The van der Waals surface area contributed by atoms with Gasteiger partial charge >= 0.3 is 0 Å². The molecule has 1 aromatic carbocycles. The van der Waals surface area contributed by atoms with Gasteiger partial charge in [0.05, 0.1) is 5.69 Å². The predicted octanol–water partition coefficient (Wildman–Crippen LogP) is 3.56. The number of nitrogens with zero attached hydrogens (tertiary/aromatic N) is 2. The molecule has 1 N–H and O–H groups in total. The summed E-state index contributed by atoms with van der Waals surface area (Å²) in [4.78, 5) is 4.59. The first-order valence-corrected chi connectivity index (χ1v) is 6.47. The van der Waals surface area contributed by atoms with Crippen molar-refractivity contribution in [2.45, 2.75) is 20.4 Å². The van der Waals surface area contributed by atoms with E-state index in [4.69, 9.17) is 0 Å². The number of aryl methyl sites for hydroxylation is 2. The molecule has 19 heavy (non-hydrogen) atoms. The minimum absolute atomic E-state index is 0.809. The Morgan fingerprint density at radius 2 is 1.89 bits per heavy atom. The number of anilines is 1. The molecule has 0 spiro atoms. The number of hydrogen-bond donors (Lipinski definition) is 1. The van der Waals surface area contributed by atoms with Crippen molar-refractivity contribution in [2.75, 3.05) is 5.32 Å². The Kier molecular flexibility index (Phi) is 2.95. The summed E-state index contributed by atoms with van der Waals surface area (Å²) in [5.41, 5.74) is 4.52. The van der Waals surface area contributed by atoms with Crippen LogP contribution >= 0.6 is 0 Å². The molecule has 0 aliphatic carbocycles. The van der Waals surface area contributed by atoms with Crippen LogP contribution in [0.25, 0.3) is 5.65 Å². The second kappa shape index (κ2) is 4.76. The number of fused-ring (bicyclic) bond motifs is 1. The third kappa shape index (κ3) is 2.32. The quantitative estimate of drug-likeness (QED) is 0.771. The van der Waals surface area contributed by atoms with E-state index in [1.54, 1.807) is 0 Å². The predicted molar refractivity (Wildman–Crippen MR) is 78.4 cm³/mol. The average Bonchev–Trinajstić information content (AvgIpc) is 2.72. The Morgan fingerprint density at radius 3 is 2.68 bits per heavy atom. The number of pyridine rings is 1. The summed E-state index contributed by atoms with van der Waals surface area (Å²) < 4.78 is 2.10. The Hall–Kier alpha value is -2.29. The fourth-order valence-electron chi connectivity index (χ4n) is 2.26. The molecule has 0 fully saturated rings. The van der Waals surface area contributed by atoms with Crippen molar-refractivity contribution in [3.8, 4) is 0 Å². The first-order chi connectivity index (χ1) is 9.24. The zero-order chi connectivity index (χ0) is 13.2. The van der Waals surface area contributed by atoms with E-state index in [2.05, 4.69) is 64.2 Å². The molecule has 0 radical (unpaired) electrons. The van der Waals surface area contributed by atoms with Gasteiger partial charge in [-0.1, -0.05) is 30.3 Å². The van der Waals surface area contributed by atoms with Crippen LogP contribution in [0.1, 0.15) is 16.8 Å². The van der Waals surface area contributed by atoms with Gasteiger partial charge < -0.3 is 5.32 Å². The Bertz CT molecular complexity index is 699. The van der Waals surface area contributed by atoms with Crippen molar-refractivity contribution in [3.63, 3.8) is 0 Å². The van der Waals surface area contributed by atoms with Gasteiger partial charge in [0.1, 0.15) is 11.5 Å². The zero-order valence-corrected chi connectivity index (χ0v) is 11.2. The highest BCUT2D eigenvalue weighted by atomic mass is 15.1. The molecule has 3 rings (SSSR count). The Labute approximate surface area is 112 Å². The van der Waals surface area contributed by atoms with Gasteiger partial charge in [-0.2, -0.15) is 0 Å². The number of hydrogen-bond acceptors (Lipinski definition) is 2. The molecule has 3 heteroatoms. The lowest BCUT2D eigenvalue weighted by Gasteiger charge is -2.07. The maximum absolute atomic E-state index is 4.59. The minimum atomic E-state index is 0.809. The van der Waals surface area contributed by atoms with Gasteiger partial charge in [-0.25, -0.2) is 4.98 Å². The van der Waals surface area contributed by atoms with Crippen molar-refractivity contribution in [1.82, 2.24) is 9.38 Å². The highest BCUT2D eigenvalue weighted by Crippen LogP contribution is 2.19. The average molecular weight is 251 g/mol. The molecule has 3 aromatic rings. The van der Waals surface area contributed by atoms with Gasteiger partial charge in [0.15, 0.2) is 0 Å². The molecular weight excluding hydrogens is 234 g/mol. The summed E-state index contributed by atoms with van der Waals surface area (Å²) in [6.07, 6.45) is 2.07. The highest BCUT2D eigenvalue weighted by Gasteiger charge is 2.07. The molecule has 0 saturated carbocycles. The van der Waals surface area contributed by atoms with Crippen molar-refractivity contribution < 1.29 is 0 Å². The molecule has 3 nitrogen and oxygen atoms in total. The summed E-state index contributed by atoms with van der Waals surface area (Å²) in [6.45, 7) is 4.93. The SMILES string of the molecule is Cc1ccn2c(NCc3ccccc3)c(C)nc2c1. The lowest BCUT2D eigenvalue weighted by molar-refractivity contribution is 1.07. The monoisotopic (exact) mass is 251 g/mol. The summed E-state index contributed by atoms with van der Waals surface area (Å²) in [5.74, 6) is 1.07. The van der Waals surface area contributed by atoms with Crippen LogP contribution in [-0.2, 0) is 6.54 Å². The second-order valence-electron chi connectivity index (χ2n) is 4.82. The van der Waals surface area contributed by atoms with E-state index >= 15 is 0 Å². The maximum Gasteiger partial charge on any atom is 0.138 e. The molecule has 96 valence electrons. The van der Waals surface area contributed by atoms with E-state index < -0.39 is 0 Å². The molecule has 0 atom stereocenters. The lowest BCUT2D eigenvalue weighted by atomic mass is 10.2. The van der Waals surface area contributed by atoms with Crippen LogP contribution in [0.5, 0.6) is 0 Å². The topological polar surface area (TPSA) is 29.3 Å². The van der Waals surface area contributed by atoms with Gasteiger partial charge in [0.2, 0.25) is 0 Å². The van der Waals surface area contributed by atoms with E-state index in [1.165, 1.54) is 11.1 Å². The van der Waals surface area contributed by atoms with E-state index in [9.17, 15) is 0 Å². The summed E-state index contributed by atoms with van der Waals surface area (Å²) >= 11 is 0. The molecule has 2 aromatic heterocycles. The van der Waals surface area contributed by atoms with Gasteiger partial charge in [-0.05, 0) is 37.1 Å².